The van der Waals surface area contributed by atoms with Crippen molar-refractivity contribution in [3.8, 4) is 5.75 Å². The quantitative estimate of drug-likeness (QED) is 0.381. The fourth-order valence-corrected chi connectivity index (χ4v) is 3.92. The van der Waals surface area contributed by atoms with Crippen LogP contribution in [0.2, 0.25) is 20.1 Å². The van der Waals surface area contributed by atoms with Crippen LogP contribution in [0.1, 0.15) is 18.9 Å². The predicted octanol–water partition coefficient (Wildman–Crippen LogP) is 6.30. The molecular weight excluding hydrogens is 490 g/mol. The van der Waals surface area contributed by atoms with Crippen LogP contribution in [0, 0.1) is 0 Å². The van der Waals surface area contributed by atoms with Gasteiger partial charge in [-0.15, -0.1) is 10.2 Å². The summed E-state index contributed by atoms with van der Waals surface area (Å²) >= 11 is 25.4. The van der Waals surface area contributed by atoms with Gasteiger partial charge in [-0.05, 0) is 31.2 Å². The molecule has 1 atom stereocenters. The Morgan fingerprint density at radius 1 is 1.17 bits per heavy atom. The molecular formula is C19H16Cl4N4O2S. The molecule has 30 heavy (non-hydrogen) atoms. The van der Waals surface area contributed by atoms with E-state index in [0.717, 1.165) is 0 Å². The van der Waals surface area contributed by atoms with E-state index in [0.29, 0.717) is 42.5 Å². The number of nitrogens with one attached hydrogen (secondary N) is 1. The van der Waals surface area contributed by atoms with Crippen molar-refractivity contribution in [1.82, 2.24) is 14.8 Å². The maximum absolute atomic E-state index is 12.3. The van der Waals surface area contributed by atoms with Crippen molar-refractivity contribution in [1.29, 1.82) is 0 Å². The van der Waals surface area contributed by atoms with Crippen molar-refractivity contribution in [2.45, 2.75) is 18.2 Å². The number of ether oxygens (including phenoxy) is 1. The number of rotatable bonds is 7. The monoisotopic (exact) mass is 504 g/mol. The van der Waals surface area contributed by atoms with E-state index in [1.807, 2.05) is 6.92 Å². The highest BCUT2D eigenvalue weighted by molar-refractivity contribution is 7.99. The van der Waals surface area contributed by atoms with Crippen LogP contribution in [0.3, 0.4) is 0 Å². The van der Waals surface area contributed by atoms with Crippen molar-refractivity contribution in [2.75, 3.05) is 11.1 Å². The standard InChI is InChI=1S/C19H16Cl4N4O2S/c1-10(29-15-8-11(20)6-7-12(15)21)18-25-26-19(27(18)2)30-9-16(28)24-14-5-3-4-13(22)17(14)23/h3-8,10H,9H2,1-2H3,(H,24,28). The van der Waals surface area contributed by atoms with Gasteiger partial charge in [0.15, 0.2) is 17.1 Å². The van der Waals surface area contributed by atoms with Crippen LogP contribution in [0.25, 0.3) is 0 Å². The molecule has 1 unspecified atom stereocenters. The molecule has 0 aliphatic carbocycles. The number of hydrogen-bond donors (Lipinski definition) is 1. The second-order valence-corrected chi connectivity index (χ2v) is 8.74. The molecule has 1 N–H and O–H groups in total. The lowest BCUT2D eigenvalue weighted by Gasteiger charge is -2.15. The molecule has 0 fully saturated rings. The fraction of sp³-hybridized carbons (Fsp3) is 0.211. The first-order chi connectivity index (χ1) is 14.3. The fourth-order valence-electron chi connectivity index (χ4n) is 2.53. The van der Waals surface area contributed by atoms with Gasteiger partial charge < -0.3 is 14.6 Å². The van der Waals surface area contributed by atoms with Gasteiger partial charge in [0.25, 0.3) is 0 Å². The van der Waals surface area contributed by atoms with Crippen LogP contribution in [0.5, 0.6) is 5.75 Å². The van der Waals surface area contributed by atoms with Crippen LogP contribution in [-0.4, -0.2) is 26.4 Å². The molecule has 1 aromatic heterocycles. The van der Waals surface area contributed by atoms with Gasteiger partial charge in [-0.25, -0.2) is 0 Å². The molecule has 0 spiro atoms. The number of hydrogen-bond acceptors (Lipinski definition) is 5. The minimum absolute atomic E-state index is 0.115. The van der Waals surface area contributed by atoms with E-state index in [4.69, 9.17) is 51.1 Å². The minimum atomic E-state index is -0.438. The van der Waals surface area contributed by atoms with E-state index < -0.39 is 6.10 Å². The normalized spacial score (nSPS) is 11.9. The van der Waals surface area contributed by atoms with E-state index in [-0.39, 0.29) is 11.7 Å². The molecule has 0 bridgehead atoms. The van der Waals surface area contributed by atoms with E-state index in [9.17, 15) is 4.79 Å². The molecule has 0 saturated heterocycles. The maximum atomic E-state index is 12.3. The highest BCUT2D eigenvalue weighted by Crippen LogP contribution is 2.32. The van der Waals surface area contributed by atoms with E-state index in [1.165, 1.54) is 11.8 Å². The Kier molecular flexibility index (Phi) is 7.76. The molecule has 1 amide bonds. The zero-order valence-electron chi connectivity index (χ0n) is 15.8. The zero-order valence-corrected chi connectivity index (χ0v) is 19.7. The summed E-state index contributed by atoms with van der Waals surface area (Å²) in [6.45, 7) is 1.82. The molecule has 11 heteroatoms. The van der Waals surface area contributed by atoms with Crippen molar-refractivity contribution >= 4 is 69.8 Å². The first-order valence-corrected chi connectivity index (χ1v) is 11.1. The van der Waals surface area contributed by atoms with Gasteiger partial charge in [0.1, 0.15) is 5.75 Å². The van der Waals surface area contributed by atoms with Crippen LogP contribution in [0.4, 0.5) is 5.69 Å². The highest BCUT2D eigenvalue weighted by Gasteiger charge is 2.19. The number of carbonyl (C=O) groups is 1. The molecule has 0 aliphatic rings. The number of thioether (sulfide) groups is 1. The summed E-state index contributed by atoms with van der Waals surface area (Å²) in [4.78, 5) is 12.3. The lowest BCUT2D eigenvalue weighted by atomic mass is 10.3. The van der Waals surface area contributed by atoms with Gasteiger partial charge in [0, 0.05) is 18.1 Å². The second-order valence-electron chi connectivity index (χ2n) is 6.17. The van der Waals surface area contributed by atoms with Crippen LogP contribution in [0.15, 0.2) is 41.6 Å². The summed E-state index contributed by atoms with van der Waals surface area (Å²) in [5.74, 6) is 0.895. The topological polar surface area (TPSA) is 69.0 Å². The zero-order chi connectivity index (χ0) is 21.8. The first kappa shape index (κ1) is 23.0. The molecule has 0 saturated carbocycles. The largest absolute Gasteiger partial charge is 0.481 e. The Bertz CT molecular complexity index is 1080. The van der Waals surface area contributed by atoms with Gasteiger partial charge in [0.2, 0.25) is 5.91 Å². The number of amides is 1. The van der Waals surface area contributed by atoms with Crippen molar-refractivity contribution < 1.29 is 9.53 Å². The van der Waals surface area contributed by atoms with Gasteiger partial charge in [0.05, 0.1) is 26.5 Å². The molecule has 0 aliphatic heterocycles. The Labute approximate surface area is 197 Å². The molecule has 2 aromatic carbocycles. The number of halogens is 4. The molecule has 158 valence electrons. The van der Waals surface area contributed by atoms with Gasteiger partial charge in [-0.2, -0.15) is 0 Å². The molecule has 1 heterocycles. The van der Waals surface area contributed by atoms with E-state index >= 15 is 0 Å². The van der Waals surface area contributed by atoms with Gasteiger partial charge >= 0.3 is 0 Å². The molecule has 3 rings (SSSR count). The van der Waals surface area contributed by atoms with Crippen molar-refractivity contribution in [3.63, 3.8) is 0 Å². The predicted molar refractivity (Wildman–Crippen MR) is 122 cm³/mol. The van der Waals surface area contributed by atoms with Crippen LogP contribution >= 0.6 is 58.2 Å². The average Bonchev–Trinajstić information content (AvgIpc) is 3.07. The molecule has 3 aromatic rings. The Hall–Kier alpha value is -1.64. The summed E-state index contributed by atoms with van der Waals surface area (Å²) in [6, 6.07) is 10.0. The summed E-state index contributed by atoms with van der Waals surface area (Å²) in [6.07, 6.45) is -0.438. The summed E-state index contributed by atoms with van der Waals surface area (Å²) in [7, 11) is 1.79. The van der Waals surface area contributed by atoms with E-state index in [2.05, 4.69) is 15.5 Å². The number of aromatic nitrogens is 3. The van der Waals surface area contributed by atoms with E-state index in [1.54, 1.807) is 48.0 Å². The number of anilines is 1. The summed E-state index contributed by atoms with van der Waals surface area (Å²) in [5.41, 5.74) is 0.453. The SMILES string of the molecule is CC(Oc1cc(Cl)ccc1Cl)c1nnc(SCC(=O)Nc2cccc(Cl)c2Cl)n1C. The lowest BCUT2D eigenvalue weighted by molar-refractivity contribution is -0.113. The van der Waals surface area contributed by atoms with Gasteiger partial charge in [-0.1, -0.05) is 64.2 Å². The minimum Gasteiger partial charge on any atom is -0.481 e. The third-order valence-electron chi connectivity index (χ3n) is 3.99. The molecule has 6 nitrogen and oxygen atoms in total. The average molecular weight is 506 g/mol. The Balaban J connectivity index is 1.62. The Morgan fingerprint density at radius 2 is 1.93 bits per heavy atom. The number of carbonyl (C=O) groups excluding carboxylic acids is 1. The van der Waals surface area contributed by atoms with Crippen molar-refractivity contribution in [3.05, 3.63) is 62.3 Å². The highest BCUT2D eigenvalue weighted by atomic mass is 35.5. The number of nitrogens with zero attached hydrogens (tertiary/aromatic N) is 3. The summed E-state index contributed by atoms with van der Waals surface area (Å²) in [5, 5.41) is 13.2. The van der Waals surface area contributed by atoms with Crippen LogP contribution in [-0.2, 0) is 11.8 Å². The smallest absolute Gasteiger partial charge is 0.234 e. The first-order valence-electron chi connectivity index (χ1n) is 8.64. The third kappa shape index (κ3) is 5.53. The van der Waals surface area contributed by atoms with Crippen LogP contribution < -0.4 is 10.1 Å². The lowest BCUT2D eigenvalue weighted by Crippen LogP contribution is -2.15. The summed E-state index contributed by atoms with van der Waals surface area (Å²) < 4.78 is 7.64. The van der Waals surface area contributed by atoms with Gasteiger partial charge in [-0.3, -0.25) is 4.79 Å². The third-order valence-corrected chi connectivity index (χ3v) is 6.37. The Morgan fingerprint density at radius 3 is 2.70 bits per heavy atom. The second kappa shape index (κ2) is 10.1. The maximum Gasteiger partial charge on any atom is 0.234 e. The molecule has 0 radical (unpaired) electrons. The number of benzene rings is 2. The van der Waals surface area contributed by atoms with Crippen molar-refractivity contribution in [2.24, 2.45) is 7.05 Å².